The first kappa shape index (κ1) is 21.9. The molecular weight excluding hydrogens is 380 g/mol. The Balaban J connectivity index is 2.02. The Morgan fingerprint density at radius 3 is 2.61 bits per heavy atom. The van der Waals surface area contributed by atoms with Crippen molar-refractivity contribution in [1.29, 1.82) is 0 Å². The van der Waals surface area contributed by atoms with Gasteiger partial charge in [-0.15, -0.1) is 0 Å². The Kier molecular flexibility index (Phi) is 8.04. The van der Waals surface area contributed by atoms with Gasteiger partial charge in [0.15, 0.2) is 11.5 Å². The first-order valence-electron chi connectivity index (χ1n) is 9.14. The molecule has 1 amide bonds. The first-order chi connectivity index (χ1) is 13.3. The summed E-state index contributed by atoms with van der Waals surface area (Å²) in [5.74, 6) is 2.60. The van der Waals surface area contributed by atoms with Crippen molar-refractivity contribution >= 4 is 16.7 Å². The lowest BCUT2D eigenvalue weighted by molar-refractivity contribution is -0.118. The number of nitrogens with one attached hydrogen (secondary N) is 1. The Labute approximate surface area is 168 Å². The highest BCUT2D eigenvalue weighted by molar-refractivity contribution is 7.84. The lowest BCUT2D eigenvalue weighted by Gasteiger charge is -2.07. The zero-order valence-electron chi connectivity index (χ0n) is 17.0. The van der Waals surface area contributed by atoms with E-state index in [4.69, 9.17) is 13.9 Å². The molecule has 28 heavy (non-hydrogen) atoms. The minimum Gasteiger partial charge on any atom is -0.493 e. The van der Waals surface area contributed by atoms with Gasteiger partial charge in [0.1, 0.15) is 11.5 Å². The molecule has 1 aromatic heterocycles. The van der Waals surface area contributed by atoms with Crippen molar-refractivity contribution in [1.82, 2.24) is 10.3 Å². The summed E-state index contributed by atoms with van der Waals surface area (Å²) in [5.41, 5.74) is 1.31. The van der Waals surface area contributed by atoms with Crippen molar-refractivity contribution in [2.24, 2.45) is 5.92 Å². The van der Waals surface area contributed by atoms with E-state index in [9.17, 15) is 9.00 Å². The number of oxazole rings is 1. The summed E-state index contributed by atoms with van der Waals surface area (Å²) >= 11 is 0. The zero-order chi connectivity index (χ0) is 20.7. The van der Waals surface area contributed by atoms with E-state index in [1.807, 2.05) is 6.07 Å². The van der Waals surface area contributed by atoms with Gasteiger partial charge in [-0.25, -0.2) is 4.98 Å². The maximum Gasteiger partial charge on any atom is 0.232 e. The molecule has 0 aliphatic rings. The highest BCUT2D eigenvalue weighted by atomic mass is 32.2. The number of benzene rings is 1. The predicted molar refractivity (Wildman–Crippen MR) is 109 cm³/mol. The van der Waals surface area contributed by atoms with Crippen LogP contribution >= 0.6 is 0 Å². The SMILES string of the molecule is COc1ccc(-c2nc(C[S@](=O)CC(=O)NCCC(C)C)c(C)o2)cc1OC. The van der Waals surface area contributed by atoms with Crippen LogP contribution in [0.5, 0.6) is 11.5 Å². The smallest absolute Gasteiger partial charge is 0.232 e. The fourth-order valence-electron chi connectivity index (χ4n) is 2.56. The molecule has 1 N–H and O–H groups in total. The van der Waals surface area contributed by atoms with Crippen LogP contribution in [0.15, 0.2) is 22.6 Å². The Bertz CT molecular complexity index is 832. The molecule has 0 bridgehead atoms. The molecule has 0 radical (unpaired) electrons. The van der Waals surface area contributed by atoms with E-state index in [0.29, 0.717) is 41.3 Å². The topological polar surface area (TPSA) is 90.7 Å². The molecule has 0 saturated carbocycles. The van der Waals surface area contributed by atoms with Gasteiger partial charge in [0.25, 0.3) is 0 Å². The average molecular weight is 409 g/mol. The summed E-state index contributed by atoms with van der Waals surface area (Å²) in [6, 6.07) is 5.36. The largest absolute Gasteiger partial charge is 0.493 e. The normalized spacial score (nSPS) is 12.1. The van der Waals surface area contributed by atoms with Gasteiger partial charge < -0.3 is 19.2 Å². The molecule has 8 heteroatoms. The van der Waals surface area contributed by atoms with Crippen molar-refractivity contribution in [2.75, 3.05) is 26.5 Å². The second-order valence-electron chi connectivity index (χ2n) is 6.85. The van der Waals surface area contributed by atoms with Crippen LogP contribution in [-0.4, -0.2) is 41.6 Å². The van der Waals surface area contributed by atoms with E-state index in [1.54, 1.807) is 33.3 Å². The number of methoxy groups -OCH3 is 2. The van der Waals surface area contributed by atoms with Crippen molar-refractivity contribution in [3.05, 3.63) is 29.7 Å². The van der Waals surface area contributed by atoms with Crippen molar-refractivity contribution in [3.63, 3.8) is 0 Å². The van der Waals surface area contributed by atoms with E-state index < -0.39 is 10.8 Å². The standard InChI is InChI=1S/C20H28N2O5S/c1-13(2)8-9-21-19(23)12-28(24)11-16-14(3)27-20(22-16)15-6-7-17(25-4)18(10-15)26-5/h6-7,10,13H,8-9,11-12H2,1-5H3,(H,21,23)/t28-/m0/s1. The fourth-order valence-corrected chi connectivity index (χ4v) is 3.63. The van der Waals surface area contributed by atoms with Crippen LogP contribution in [0.4, 0.5) is 0 Å². The van der Waals surface area contributed by atoms with E-state index in [2.05, 4.69) is 24.1 Å². The van der Waals surface area contributed by atoms with E-state index in [0.717, 1.165) is 12.0 Å². The number of ether oxygens (including phenoxy) is 2. The third-order valence-electron chi connectivity index (χ3n) is 4.16. The van der Waals surface area contributed by atoms with Gasteiger partial charge in [0, 0.05) is 22.9 Å². The van der Waals surface area contributed by atoms with Gasteiger partial charge in [-0.1, -0.05) is 13.8 Å². The molecule has 7 nitrogen and oxygen atoms in total. The van der Waals surface area contributed by atoms with Crippen LogP contribution in [0.2, 0.25) is 0 Å². The molecule has 2 rings (SSSR count). The molecule has 0 spiro atoms. The number of hydrogen-bond donors (Lipinski definition) is 1. The van der Waals surface area contributed by atoms with Crippen LogP contribution in [0, 0.1) is 12.8 Å². The Morgan fingerprint density at radius 1 is 1.25 bits per heavy atom. The second-order valence-corrected chi connectivity index (χ2v) is 8.31. The highest BCUT2D eigenvalue weighted by Gasteiger charge is 2.17. The number of hydrogen-bond acceptors (Lipinski definition) is 6. The monoisotopic (exact) mass is 408 g/mol. The van der Waals surface area contributed by atoms with E-state index in [1.165, 1.54) is 0 Å². The lowest BCUT2D eigenvalue weighted by Crippen LogP contribution is -2.30. The third-order valence-corrected chi connectivity index (χ3v) is 5.34. The Morgan fingerprint density at radius 2 is 1.96 bits per heavy atom. The number of rotatable bonds is 10. The molecule has 0 fully saturated rings. The second kappa shape index (κ2) is 10.3. The number of carbonyl (C=O) groups is 1. The van der Waals surface area contributed by atoms with Crippen LogP contribution in [0.1, 0.15) is 31.7 Å². The minimum absolute atomic E-state index is 0.0455. The minimum atomic E-state index is -1.36. The van der Waals surface area contributed by atoms with Gasteiger partial charge in [-0.05, 0) is 37.5 Å². The lowest BCUT2D eigenvalue weighted by atomic mass is 10.1. The predicted octanol–water partition coefficient (Wildman–Crippen LogP) is 3.08. The summed E-state index contributed by atoms with van der Waals surface area (Å²) in [4.78, 5) is 16.3. The molecule has 0 aliphatic heterocycles. The van der Waals surface area contributed by atoms with Gasteiger partial charge in [-0.3, -0.25) is 9.00 Å². The molecule has 2 aromatic rings. The molecule has 154 valence electrons. The fraction of sp³-hybridized carbons (Fsp3) is 0.500. The molecule has 1 heterocycles. The van der Waals surface area contributed by atoms with Crippen molar-refractivity contribution in [3.8, 4) is 23.0 Å². The molecule has 0 aliphatic carbocycles. The van der Waals surface area contributed by atoms with Crippen LogP contribution < -0.4 is 14.8 Å². The number of aryl methyl sites for hydroxylation is 1. The highest BCUT2D eigenvalue weighted by Crippen LogP contribution is 2.32. The van der Waals surface area contributed by atoms with Crippen LogP contribution in [0.3, 0.4) is 0 Å². The molecule has 1 atom stereocenters. The average Bonchev–Trinajstić information content (AvgIpc) is 3.01. The van der Waals surface area contributed by atoms with Gasteiger partial charge in [-0.2, -0.15) is 0 Å². The number of amides is 1. The summed E-state index contributed by atoms with van der Waals surface area (Å²) < 4.78 is 28.6. The summed E-state index contributed by atoms with van der Waals surface area (Å²) in [6.07, 6.45) is 0.898. The van der Waals surface area contributed by atoms with Crippen LogP contribution in [0.25, 0.3) is 11.5 Å². The quantitative estimate of drug-likeness (QED) is 0.650. The maximum atomic E-state index is 12.3. The van der Waals surface area contributed by atoms with Gasteiger partial charge in [0.2, 0.25) is 11.8 Å². The van der Waals surface area contributed by atoms with E-state index >= 15 is 0 Å². The first-order valence-corrected chi connectivity index (χ1v) is 10.6. The molecular formula is C20H28N2O5S. The van der Waals surface area contributed by atoms with Crippen molar-refractivity contribution < 1.29 is 22.9 Å². The molecule has 0 saturated heterocycles. The number of nitrogens with zero attached hydrogens (tertiary/aromatic N) is 1. The molecule has 1 aromatic carbocycles. The Hall–Kier alpha value is -2.35. The summed E-state index contributed by atoms with van der Waals surface area (Å²) in [7, 11) is 1.77. The van der Waals surface area contributed by atoms with Gasteiger partial charge in [0.05, 0.1) is 25.7 Å². The summed E-state index contributed by atoms with van der Waals surface area (Å²) in [5, 5.41) is 2.80. The number of aromatic nitrogens is 1. The zero-order valence-corrected chi connectivity index (χ0v) is 17.9. The summed E-state index contributed by atoms with van der Waals surface area (Å²) in [6.45, 7) is 6.55. The molecule has 0 unspecified atom stereocenters. The van der Waals surface area contributed by atoms with Gasteiger partial charge >= 0.3 is 0 Å². The van der Waals surface area contributed by atoms with Crippen molar-refractivity contribution in [2.45, 2.75) is 32.9 Å². The maximum absolute atomic E-state index is 12.3. The third kappa shape index (κ3) is 6.09. The number of carbonyl (C=O) groups excluding carboxylic acids is 1. The van der Waals surface area contributed by atoms with Crippen LogP contribution in [-0.2, 0) is 21.3 Å². The van der Waals surface area contributed by atoms with E-state index in [-0.39, 0.29) is 17.4 Å².